The van der Waals surface area contributed by atoms with Crippen LogP contribution in [-0.2, 0) is 23.8 Å². The minimum absolute atomic E-state index is 0.0425. The van der Waals surface area contributed by atoms with E-state index in [0.29, 0.717) is 16.9 Å². The molecule has 8 heteroatoms. The molecule has 0 radical (unpaired) electrons. The molecule has 1 unspecified atom stereocenters. The van der Waals surface area contributed by atoms with Gasteiger partial charge >= 0.3 is 5.97 Å². The maximum Gasteiger partial charge on any atom is 0.315 e. The van der Waals surface area contributed by atoms with E-state index in [2.05, 4.69) is 0 Å². The second-order valence-electron chi connectivity index (χ2n) is 9.10. The van der Waals surface area contributed by atoms with E-state index in [-0.39, 0.29) is 11.0 Å². The summed E-state index contributed by atoms with van der Waals surface area (Å²) in [6.45, 7) is 8.51. The summed E-state index contributed by atoms with van der Waals surface area (Å²) in [5.41, 5.74) is -0.599. The van der Waals surface area contributed by atoms with Gasteiger partial charge in [-0.05, 0) is 32.9 Å². The minimum Gasteiger partial charge on any atom is -0.465 e. The number of esters is 1. The van der Waals surface area contributed by atoms with Crippen LogP contribution in [0.5, 0.6) is 0 Å². The maximum absolute atomic E-state index is 13.3. The van der Waals surface area contributed by atoms with E-state index < -0.39 is 53.1 Å². The van der Waals surface area contributed by atoms with Crippen LogP contribution in [0.2, 0.25) is 0 Å². The van der Waals surface area contributed by atoms with Crippen molar-refractivity contribution < 1.29 is 34.0 Å². The number of fused-ring (bicyclic) bond motifs is 5. The fourth-order valence-corrected chi connectivity index (χ4v) is 5.14. The molecule has 0 aromatic rings. The van der Waals surface area contributed by atoms with Crippen molar-refractivity contribution in [3.8, 4) is 0 Å². The standard InChI is InChI=1S/C23H27ClO7/c1-10(12(3)25)6-7-14-8-15-16(9-29-14)17-18-21(27)30-13(4)11(2)23(18,28)31-22(17,5)20(26)19(15)24/h6-13,17-18,25,28H,1-5H3/b7-6+/t10?,11-,12-,13-,17-,18+,22+,23-/m1/s1. The zero-order valence-electron chi connectivity index (χ0n) is 18.1. The molecule has 0 bridgehead atoms. The molecule has 0 aromatic heterocycles. The van der Waals surface area contributed by atoms with Crippen LogP contribution in [0.1, 0.15) is 34.6 Å². The lowest BCUT2D eigenvalue weighted by Crippen LogP contribution is -2.56. The van der Waals surface area contributed by atoms with E-state index in [1.807, 2.05) is 6.92 Å². The Hall–Kier alpha value is -1.93. The molecule has 0 aromatic carbocycles. The van der Waals surface area contributed by atoms with E-state index in [1.54, 1.807) is 45.9 Å². The van der Waals surface area contributed by atoms with Crippen LogP contribution in [0.25, 0.3) is 0 Å². The molecular formula is C23H27ClO7. The van der Waals surface area contributed by atoms with E-state index in [9.17, 15) is 19.8 Å². The number of hydrogen-bond acceptors (Lipinski definition) is 7. The number of allylic oxidation sites excluding steroid dienone is 3. The Kier molecular flexibility index (Phi) is 5.25. The number of ether oxygens (including phenoxy) is 3. The molecule has 2 saturated heterocycles. The van der Waals surface area contributed by atoms with Crippen molar-refractivity contribution in [2.24, 2.45) is 23.7 Å². The van der Waals surface area contributed by atoms with Crippen molar-refractivity contribution in [2.45, 2.75) is 58.2 Å². The summed E-state index contributed by atoms with van der Waals surface area (Å²) in [5, 5.41) is 21.0. The zero-order chi connectivity index (χ0) is 22.9. The van der Waals surface area contributed by atoms with Gasteiger partial charge in [0.1, 0.15) is 23.4 Å². The highest BCUT2D eigenvalue weighted by Gasteiger charge is 2.72. The van der Waals surface area contributed by atoms with Gasteiger partial charge in [-0.3, -0.25) is 9.59 Å². The fourth-order valence-electron chi connectivity index (χ4n) is 4.78. The second-order valence-corrected chi connectivity index (χ2v) is 9.48. The smallest absolute Gasteiger partial charge is 0.315 e. The molecule has 2 N–H and O–H groups in total. The third-order valence-electron chi connectivity index (χ3n) is 7.13. The van der Waals surface area contributed by atoms with Crippen LogP contribution < -0.4 is 0 Å². The van der Waals surface area contributed by atoms with E-state index >= 15 is 0 Å². The molecule has 4 aliphatic rings. The van der Waals surface area contributed by atoms with Crippen LogP contribution in [0.4, 0.5) is 0 Å². The van der Waals surface area contributed by atoms with Gasteiger partial charge < -0.3 is 24.4 Å². The van der Waals surface area contributed by atoms with E-state index in [1.165, 1.54) is 6.26 Å². The maximum atomic E-state index is 13.3. The Morgan fingerprint density at radius 2 is 1.90 bits per heavy atom. The Bertz CT molecular complexity index is 961. The van der Waals surface area contributed by atoms with Gasteiger partial charge in [0.2, 0.25) is 5.78 Å². The van der Waals surface area contributed by atoms with Gasteiger partial charge in [-0.15, -0.1) is 0 Å². The van der Waals surface area contributed by atoms with Crippen molar-refractivity contribution in [3.05, 3.63) is 46.4 Å². The molecule has 8 atom stereocenters. The predicted octanol–water partition coefficient (Wildman–Crippen LogP) is 2.72. The van der Waals surface area contributed by atoms with E-state index in [0.717, 1.165) is 0 Å². The third-order valence-corrected chi connectivity index (χ3v) is 7.50. The molecule has 0 amide bonds. The molecule has 2 fully saturated rings. The molecule has 31 heavy (non-hydrogen) atoms. The summed E-state index contributed by atoms with van der Waals surface area (Å²) in [6, 6.07) is 0. The van der Waals surface area contributed by atoms with Crippen LogP contribution in [-0.4, -0.2) is 45.6 Å². The van der Waals surface area contributed by atoms with Gasteiger partial charge in [0.25, 0.3) is 0 Å². The van der Waals surface area contributed by atoms with E-state index in [4.69, 9.17) is 25.8 Å². The molecule has 4 rings (SSSR count). The first-order chi connectivity index (χ1) is 14.4. The highest BCUT2D eigenvalue weighted by atomic mass is 35.5. The van der Waals surface area contributed by atoms with Crippen molar-refractivity contribution in [1.82, 2.24) is 0 Å². The summed E-state index contributed by atoms with van der Waals surface area (Å²) in [7, 11) is 0. The number of halogens is 1. The van der Waals surface area contributed by atoms with Crippen molar-refractivity contribution in [1.29, 1.82) is 0 Å². The monoisotopic (exact) mass is 450 g/mol. The first kappa shape index (κ1) is 22.3. The van der Waals surface area contributed by atoms with Gasteiger partial charge in [0, 0.05) is 28.9 Å². The second kappa shape index (κ2) is 7.30. The minimum atomic E-state index is -1.87. The number of carbonyl (C=O) groups excluding carboxylic acids is 2. The lowest BCUT2D eigenvalue weighted by atomic mass is 9.65. The van der Waals surface area contributed by atoms with Crippen molar-refractivity contribution in [3.63, 3.8) is 0 Å². The van der Waals surface area contributed by atoms with Gasteiger partial charge in [0.15, 0.2) is 5.79 Å². The largest absolute Gasteiger partial charge is 0.465 e. The van der Waals surface area contributed by atoms with Crippen LogP contribution >= 0.6 is 11.6 Å². The third kappa shape index (κ3) is 3.13. The molecule has 0 saturated carbocycles. The number of cyclic esters (lactones) is 1. The Balaban J connectivity index is 1.77. The van der Waals surface area contributed by atoms with Crippen LogP contribution in [0.3, 0.4) is 0 Å². The quantitative estimate of drug-likeness (QED) is 0.637. The number of aliphatic hydroxyl groups excluding tert-OH is 1. The highest BCUT2D eigenvalue weighted by Crippen LogP contribution is 2.60. The number of rotatable bonds is 3. The zero-order valence-corrected chi connectivity index (χ0v) is 18.8. The van der Waals surface area contributed by atoms with Crippen molar-refractivity contribution >= 4 is 23.4 Å². The molecule has 3 aliphatic heterocycles. The van der Waals surface area contributed by atoms with Crippen LogP contribution in [0.15, 0.2) is 46.4 Å². The van der Waals surface area contributed by atoms with Gasteiger partial charge in [0.05, 0.1) is 17.4 Å². The summed E-state index contributed by atoms with van der Waals surface area (Å²) in [5.74, 6) is -5.11. The first-order valence-electron chi connectivity index (χ1n) is 10.4. The molecule has 1 aliphatic carbocycles. The number of Topliss-reactive ketones (excluding diaryl/α,β-unsaturated/α-hetero) is 1. The molecular weight excluding hydrogens is 424 g/mol. The number of aliphatic hydroxyl groups is 2. The molecule has 3 heterocycles. The van der Waals surface area contributed by atoms with Crippen LogP contribution in [0, 0.1) is 23.7 Å². The Morgan fingerprint density at radius 1 is 1.23 bits per heavy atom. The summed E-state index contributed by atoms with van der Waals surface area (Å²) < 4.78 is 17.2. The van der Waals surface area contributed by atoms with Gasteiger partial charge in [-0.1, -0.05) is 31.5 Å². The number of ketones is 1. The summed E-state index contributed by atoms with van der Waals surface area (Å²) in [6.07, 6.45) is 5.46. The number of hydrogen-bond donors (Lipinski definition) is 2. The average molecular weight is 451 g/mol. The van der Waals surface area contributed by atoms with Crippen molar-refractivity contribution in [2.75, 3.05) is 0 Å². The first-order valence-corrected chi connectivity index (χ1v) is 10.8. The molecule has 168 valence electrons. The Labute approximate surface area is 186 Å². The molecule has 0 spiro atoms. The number of carbonyl (C=O) groups is 2. The summed E-state index contributed by atoms with van der Waals surface area (Å²) >= 11 is 6.47. The fraction of sp³-hybridized carbons (Fsp3) is 0.565. The Morgan fingerprint density at radius 3 is 2.55 bits per heavy atom. The summed E-state index contributed by atoms with van der Waals surface area (Å²) in [4.78, 5) is 26.2. The normalized spacial score (nSPS) is 41.5. The SMILES string of the molecule is CC(/C=C/C1=CC2=C(Cl)C(=O)[C@@]3(C)O[C@]4(O)[C@H](C)[C@@H](C)OC(=O)[C@@H]4[C@H]3C2=CO1)[C@@H](C)O. The highest BCUT2D eigenvalue weighted by molar-refractivity contribution is 6.45. The lowest BCUT2D eigenvalue weighted by Gasteiger charge is -2.42. The molecule has 7 nitrogen and oxygen atoms in total. The lowest BCUT2D eigenvalue weighted by molar-refractivity contribution is -0.286. The van der Waals surface area contributed by atoms with Gasteiger partial charge in [-0.25, -0.2) is 0 Å². The average Bonchev–Trinajstić information content (AvgIpc) is 2.98. The van der Waals surface area contributed by atoms with Gasteiger partial charge in [-0.2, -0.15) is 0 Å². The predicted molar refractivity (Wildman–Crippen MR) is 111 cm³/mol. The topological polar surface area (TPSA) is 102 Å².